The molecule has 0 unspecified atom stereocenters. The van der Waals surface area contributed by atoms with Crippen LogP contribution in [0.2, 0.25) is 0 Å². The lowest BCUT2D eigenvalue weighted by Gasteiger charge is -2.40. The molecular formula is C38H40F6N4O4S. The Balaban J connectivity index is 1.56. The number of piperidine rings is 2. The van der Waals surface area contributed by atoms with Crippen LogP contribution in [0.3, 0.4) is 0 Å². The maximum Gasteiger partial charge on any atom is 0.416 e. The first-order chi connectivity index (χ1) is 25.1. The van der Waals surface area contributed by atoms with Gasteiger partial charge in [0.05, 0.1) is 28.1 Å². The summed E-state index contributed by atoms with van der Waals surface area (Å²) in [5, 5.41) is 12.8. The predicted molar refractivity (Wildman–Crippen MR) is 188 cm³/mol. The molecule has 284 valence electrons. The number of amides is 1. The molecule has 1 atom stereocenters. The molecule has 2 saturated heterocycles. The number of rotatable bonds is 9. The Bertz CT molecular complexity index is 2060. The summed E-state index contributed by atoms with van der Waals surface area (Å²) in [7, 11) is -4.12. The Kier molecular flexibility index (Phi) is 11.1. The maximum absolute atomic E-state index is 14.6. The van der Waals surface area contributed by atoms with Gasteiger partial charge in [0.25, 0.3) is 5.91 Å². The number of aromatic hydroxyl groups is 1. The Morgan fingerprint density at radius 3 is 2.23 bits per heavy atom. The average Bonchev–Trinajstić information content (AvgIpc) is 3.13. The normalized spacial score (nSPS) is 17.6. The lowest BCUT2D eigenvalue weighted by atomic mass is 9.93. The van der Waals surface area contributed by atoms with Crippen molar-refractivity contribution in [2.24, 2.45) is 0 Å². The largest absolute Gasteiger partial charge is 0.507 e. The molecule has 1 amide bonds. The second kappa shape index (κ2) is 15.3. The van der Waals surface area contributed by atoms with E-state index in [4.69, 9.17) is 0 Å². The van der Waals surface area contributed by atoms with E-state index in [1.807, 2.05) is 4.90 Å². The first-order valence-corrected chi connectivity index (χ1v) is 19.2. The maximum atomic E-state index is 14.6. The molecule has 0 spiro atoms. The van der Waals surface area contributed by atoms with Crippen LogP contribution in [0.5, 0.6) is 5.75 Å². The topological polar surface area (TPSA) is 103 Å². The van der Waals surface area contributed by atoms with E-state index in [1.165, 1.54) is 55.8 Å². The van der Waals surface area contributed by atoms with Crippen LogP contribution in [-0.2, 0) is 22.6 Å². The summed E-state index contributed by atoms with van der Waals surface area (Å²) in [5.74, 6) is -2.40. The van der Waals surface area contributed by atoms with Gasteiger partial charge in [-0.25, -0.2) is 13.4 Å². The Morgan fingerprint density at radius 1 is 0.925 bits per heavy atom. The summed E-state index contributed by atoms with van der Waals surface area (Å²) in [5.41, 5.74) is -1.98. The van der Waals surface area contributed by atoms with Crippen LogP contribution in [0.4, 0.5) is 26.3 Å². The third-order valence-corrected chi connectivity index (χ3v) is 11.9. The Labute approximate surface area is 303 Å². The summed E-state index contributed by atoms with van der Waals surface area (Å²) < 4.78 is 112. The van der Waals surface area contributed by atoms with Crippen LogP contribution in [0.25, 0.3) is 22.2 Å². The van der Waals surface area contributed by atoms with Crippen molar-refractivity contribution >= 4 is 26.6 Å². The molecule has 3 heterocycles. The first kappa shape index (κ1) is 38.5. The van der Waals surface area contributed by atoms with Gasteiger partial charge in [0.15, 0.2) is 15.9 Å². The number of likely N-dealkylation sites (tertiary alicyclic amines) is 2. The highest BCUT2D eigenvalue weighted by atomic mass is 32.2. The van der Waals surface area contributed by atoms with E-state index in [0.29, 0.717) is 19.1 Å². The molecule has 0 bridgehead atoms. The van der Waals surface area contributed by atoms with Gasteiger partial charge >= 0.3 is 12.4 Å². The van der Waals surface area contributed by atoms with Crippen molar-refractivity contribution < 1.29 is 44.7 Å². The van der Waals surface area contributed by atoms with Gasteiger partial charge in [-0.3, -0.25) is 9.69 Å². The number of carbonyl (C=O) groups is 1. The fourth-order valence-corrected chi connectivity index (χ4v) is 8.36. The fourth-order valence-electron chi connectivity index (χ4n) is 7.37. The summed E-state index contributed by atoms with van der Waals surface area (Å²) >= 11 is 0. The smallest absolute Gasteiger partial charge is 0.416 e. The van der Waals surface area contributed by atoms with Gasteiger partial charge in [0.1, 0.15) is 10.6 Å². The molecule has 6 rings (SSSR count). The van der Waals surface area contributed by atoms with E-state index >= 15 is 0 Å². The number of sulfone groups is 1. The number of fused-ring (bicyclic) bond motifs is 1. The highest BCUT2D eigenvalue weighted by molar-refractivity contribution is 7.91. The molecule has 53 heavy (non-hydrogen) atoms. The second-order valence-electron chi connectivity index (χ2n) is 13.6. The summed E-state index contributed by atoms with van der Waals surface area (Å²) in [4.78, 5) is 23.0. The highest BCUT2D eigenvalue weighted by Gasteiger charge is 2.43. The molecule has 1 aromatic heterocycles. The van der Waals surface area contributed by atoms with Gasteiger partial charge in [-0.1, -0.05) is 55.8 Å². The van der Waals surface area contributed by atoms with Gasteiger partial charge in [0, 0.05) is 35.2 Å². The minimum Gasteiger partial charge on any atom is -0.507 e. The van der Waals surface area contributed by atoms with E-state index in [1.54, 1.807) is 0 Å². The van der Waals surface area contributed by atoms with Crippen molar-refractivity contribution in [2.75, 3.05) is 31.9 Å². The lowest BCUT2D eigenvalue weighted by Crippen LogP contribution is -2.46. The van der Waals surface area contributed by atoms with Crippen molar-refractivity contribution in [1.82, 2.24) is 20.1 Å². The van der Waals surface area contributed by atoms with Crippen LogP contribution in [-0.4, -0.2) is 78.4 Å². The average molecular weight is 763 g/mol. The number of carbonyl (C=O) groups excluding carboxylic acids is 1. The van der Waals surface area contributed by atoms with Crippen LogP contribution in [0.15, 0.2) is 71.6 Å². The molecule has 0 radical (unpaired) electrons. The molecule has 2 aliphatic rings. The van der Waals surface area contributed by atoms with Gasteiger partial charge in [-0.2, -0.15) is 26.3 Å². The Hall–Kier alpha value is -4.21. The number of nitrogens with zero attached hydrogens (tertiary/aromatic N) is 3. The number of nitrogens with one attached hydrogen (secondary N) is 1. The van der Waals surface area contributed by atoms with Gasteiger partial charge in [-0.15, -0.1) is 0 Å². The molecular weight excluding hydrogens is 722 g/mol. The van der Waals surface area contributed by atoms with Crippen LogP contribution in [0.1, 0.15) is 72.1 Å². The van der Waals surface area contributed by atoms with Gasteiger partial charge in [0.2, 0.25) is 0 Å². The minimum atomic E-state index is -4.96. The molecule has 4 aromatic rings. The third-order valence-electron chi connectivity index (χ3n) is 10.2. The van der Waals surface area contributed by atoms with Crippen molar-refractivity contribution in [2.45, 2.75) is 74.9 Å². The van der Waals surface area contributed by atoms with E-state index in [0.717, 1.165) is 63.0 Å². The number of hydrogen-bond acceptors (Lipinski definition) is 7. The molecule has 2 aliphatic heterocycles. The zero-order valence-corrected chi connectivity index (χ0v) is 29.8. The van der Waals surface area contributed by atoms with E-state index < -0.39 is 56.1 Å². The number of aromatic nitrogens is 1. The number of benzene rings is 3. The number of hydrogen-bond donors (Lipinski definition) is 2. The third kappa shape index (κ3) is 8.47. The number of halogens is 6. The van der Waals surface area contributed by atoms with E-state index in [9.17, 15) is 44.7 Å². The molecule has 0 aliphatic carbocycles. The first-order valence-electron chi connectivity index (χ1n) is 17.6. The molecule has 0 saturated carbocycles. The number of phenolic OH excluding ortho intramolecular Hbond substituents is 1. The summed E-state index contributed by atoms with van der Waals surface area (Å²) in [6.45, 7) is 4.30. The number of phenols is 1. The fraction of sp³-hybridized carbons (Fsp3) is 0.421. The highest BCUT2D eigenvalue weighted by Crippen LogP contribution is 2.40. The number of pyridine rings is 1. The SMILES string of the molecule is CCS(=O)(=O)c1cc2c(C(=O)N[C@H](c3ccccc3)C(F)(F)F)c(CN3CCC(N4CCCCC4)CC3)c(-c3cccc(C(F)(F)F)c3)nc2cc1O. The zero-order valence-electron chi connectivity index (χ0n) is 29.0. The van der Waals surface area contributed by atoms with Crippen LogP contribution in [0, 0.1) is 0 Å². The monoisotopic (exact) mass is 762 g/mol. The summed E-state index contributed by atoms with van der Waals surface area (Å²) in [6.07, 6.45) is -4.80. The van der Waals surface area contributed by atoms with Crippen molar-refractivity contribution in [3.05, 3.63) is 89.0 Å². The van der Waals surface area contributed by atoms with Crippen LogP contribution >= 0.6 is 0 Å². The van der Waals surface area contributed by atoms with E-state index in [-0.39, 0.29) is 45.4 Å². The summed E-state index contributed by atoms with van der Waals surface area (Å²) in [6, 6.07) is 10.7. The molecule has 2 N–H and O–H groups in total. The van der Waals surface area contributed by atoms with Crippen molar-refractivity contribution in [3.63, 3.8) is 0 Å². The van der Waals surface area contributed by atoms with Crippen molar-refractivity contribution in [3.8, 4) is 17.0 Å². The Morgan fingerprint density at radius 2 is 1.60 bits per heavy atom. The van der Waals surface area contributed by atoms with Gasteiger partial charge in [-0.05, 0) is 75.6 Å². The zero-order chi connectivity index (χ0) is 38.1. The molecule has 3 aromatic carbocycles. The van der Waals surface area contributed by atoms with E-state index in [2.05, 4.69) is 15.2 Å². The van der Waals surface area contributed by atoms with Gasteiger partial charge < -0.3 is 15.3 Å². The molecule has 8 nitrogen and oxygen atoms in total. The molecule has 15 heteroatoms. The lowest BCUT2D eigenvalue weighted by molar-refractivity contribution is -0.155. The van der Waals surface area contributed by atoms with Crippen LogP contribution < -0.4 is 5.32 Å². The quantitative estimate of drug-likeness (QED) is 0.167. The molecule has 2 fully saturated rings. The standard InChI is InChI=1S/C38H40F6N4O4S/c1-2-53(51,52)32-21-28-30(22-31(32)49)45-34(25-12-9-13-26(20-25)37(39,40)41)29(23-47-18-14-27(15-19-47)48-16-7-4-8-17-48)33(28)36(50)46-35(38(42,43)44)24-10-5-3-6-11-24/h3,5-6,9-13,20-22,27,35,49H,2,4,7-8,14-19,23H2,1H3,(H,46,50)/t35-/m1/s1. The second-order valence-corrected chi connectivity index (χ2v) is 15.8. The minimum absolute atomic E-state index is 0.0327. The predicted octanol–water partition coefficient (Wildman–Crippen LogP) is 7.90. The number of alkyl halides is 6. The van der Waals surface area contributed by atoms with Crippen molar-refractivity contribution in [1.29, 1.82) is 0 Å².